The maximum Gasteiger partial charge on any atom is 0.407 e. The summed E-state index contributed by atoms with van der Waals surface area (Å²) in [7, 11) is 0. The number of likely N-dealkylation sites (tertiary alicyclic amines) is 1. The molecule has 2 rings (SSSR count). The summed E-state index contributed by atoms with van der Waals surface area (Å²) in [5.41, 5.74) is -0.726. The lowest BCUT2D eigenvalue weighted by Gasteiger charge is -2.37. The molecule has 0 aromatic heterocycles. The van der Waals surface area contributed by atoms with E-state index in [9.17, 15) is 18.7 Å². The van der Waals surface area contributed by atoms with Gasteiger partial charge in [0.15, 0.2) is 0 Å². The van der Waals surface area contributed by atoms with Crippen LogP contribution in [0.1, 0.15) is 18.4 Å². The van der Waals surface area contributed by atoms with Crippen LogP contribution in [-0.2, 0) is 6.42 Å². The number of carboxylic acid groups (broad SMARTS) is 1. The first-order chi connectivity index (χ1) is 8.88. The van der Waals surface area contributed by atoms with Gasteiger partial charge in [-0.15, -0.1) is 0 Å². The molecule has 0 radical (unpaired) electrons. The number of hydrogen-bond donors (Lipinski definition) is 2. The van der Waals surface area contributed by atoms with Crippen LogP contribution in [0.4, 0.5) is 13.6 Å². The molecule has 1 aliphatic rings. The van der Waals surface area contributed by atoms with Gasteiger partial charge < -0.3 is 15.1 Å². The van der Waals surface area contributed by atoms with Crippen molar-refractivity contribution >= 4 is 6.09 Å². The molecule has 1 fully saturated rings. The Morgan fingerprint density at radius 3 is 2.21 bits per heavy atom. The molecule has 6 heteroatoms. The van der Waals surface area contributed by atoms with Crippen LogP contribution in [0.25, 0.3) is 0 Å². The molecule has 1 aliphatic heterocycles. The molecule has 0 saturated carbocycles. The van der Waals surface area contributed by atoms with E-state index in [1.807, 2.05) is 0 Å². The molecule has 1 aromatic rings. The number of hydrogen-bond acceptors (Lipinski definition) is 2. The Bertz CT molecular complexity index is 465. The van der Waals surface area contributed by atoms with E-state index in [4.69, 9.17) is 5.11 Å². The molecule has 19 heavy (non-hydrogen) atoms. The summed E-state index contributed by atoms with van der Waals surface area (Å²) in [5, 5.41) is 19.2. The first kappa shape index (κ1) is 13.7. The Hall–Kier alpha value is -1.69. The van der Waals surface area contributed by atoms with Crippen LogP contribution in [-0.4, -0.2) is 39.9 Å². The summed E-state index contributed by atoms with van der Waals surface area (Å²) >= 11 is 0. The van der Waals surface area contributed by atoms with Crippen LogP contribution >= 0.6 is 0 Å². The number of aliphatic hydroxyl groups is 1. The molecule has 1 saturated heterocycles. The van der Waals surface area contributed by atoms with E-state index in [0.29, 0.717) is 5.56 Å². The molecular formula is C13H15F2NO3. The Morgan fingerprint density at radius 1 is 1.21 bits per heavy atom. The molecule has 1 amide bonds. The molecule has 1 heterocycles. The number of amides is 1. The summed E-state index contributed by atoms with van der Waals surface area (Å²) < 4.78 is 26.1. The van der Waals surface area contributed by atoms with Crippen molar-refractivity contribution in [1.82, 2.24) is 4.90 Å². The van der Waals surface area contributed by atoms with E-state index in [2.05, 4.69) is 0 Å². The summed E-state index contributed by atoms with van der Waals surface area (Å²) in [4.78, 5) is 12.0. The molecule has 4 nitrogen and oxygen atoms in total. The summed E-state index contributed by atoms with van der Waals surface area (Å²) in [6.45, 7) is 0.452. The van der Waals surface area contributed by atoms with Crippen molar-refractivity contribution in [2.24, 2.45) is 0 Å². The van der Waals surface area contributed by atoms with Crippen molar-refractivity contribution in [3.05, 3.63) is 35.4 Å². The fourth-order valence-corrected chi connectivity index (χ4v) is 2.38. The van der Waals surface area contributed by atoms with Gasteiger partial charge in [-0.05, 0) is 30.5 Å². The second-order valence-corrected chi connectivity index (χ2v) is 4.95. The lowest BCUT2D eigenvalue weighted by Crippen LogP contribution is -2.47. The van der Waals surface area contributed by atoms with Crippen LogP contribution in [0, 0.1) is 11.6 Å². The molecule has 0 spiro atoms. The number of halogens is 2. The van der Waals surface area contributed by atoms with Gasteiger partial charge in [-0.3, -0.25) is 0 Å². The minimum atomic E-state index is -1.10. The van der Waals surface area contributed by atoms with E-state index < -0.39 is 23.3 Å². The van der Waals surface area contributed by atoms with Gasteiger partial charge >= 0.3 is 6.09 Å². The third-order valence-corrected chi connectivity index (χ3v) is 3.42. The van der Waals surface area contributed by atoms with Crippen molar-refractivity contribution in [2.75, 3.05) is 13.1 Å². The van der Waals surface area contributed by atoms with E-state index in [-0.39, 0.29) is 32.4 Å². The smallest absolute Gasteiger partial charge is 0.407 e. The minimum Gasteiger partial charge on any atom is -0.465 e. The average Bonchev–Trinajstić information content (AvgIpc) is 2.27. The predicted molar refractivity (Wildman–Crippen MR) is 63.8 cm³/mol. The second-order valence-electron chi connectivity index (χ2n) is 4.95. The highest BCUT2D eigenvalue weighted by Crippen LogP contribution is 2.27. The lowest BCUT2D eigenvalue weighted by atomic mass is 9.85. The van der Waals surface area contributed by atoms with Gasteiger partial charge in [0.2, 0.25) is 0 Å². The van der Waals surface area contributed by atoms with E-state index in [1.165, 1.54) is 17.0 Å². The van der Waals surface area contributed by atoms with Crippen LogP contribution in [0.2, 0.25) is 0 Å². The largest absolute Gasteiger partial charge is 0.465 e. The van der Waals surface area contributed by atoms with E-state index in [0.717, 1.165) is 6.07 Å². The highest BCUT2D eigenvalue weighted by Gasteiger charge is 2.34. The standard InChI is InChI=1S/C13H15F2NO3/c14-10-5-9(6-11(15)7-10)8-13(19)1-3-16(4-2-13)12(17)18/h5-7,19H,1-4,8H2,(H,17,18). The van der Waals surface area contributed by atoms with Gasteiger partial charge in [0.05, 0.1) is 5.60 Å². The van der Waals surface area contributed by atoms with Crippen LogP contribution in [0.5, 0.6) is 0 Å². The van der Waals surface area contributed by atoms with Gasteiger partial charge in [-0.1, -0.05) is 0 Å². The monoisotopic (exact) mass is 271 g/mol. The van der Waals surface area contributed by atoms with Gasteiger partial charge in [0.1, 0.15) is 11.6 Å². The third-order valence-electron chi connectivity index (χ3n) is 3.42. The molecule has 0 aliphatic carbocycles. The fourth-order valence-electron chi connectivity index (χ4n) is 2.38. The Balaban J connectivity index is 2.04. The lowest BCUT2D eigenvalue weighted by molar-refractivity contribution is -0.0162. The predicted octanol–water partition coefficient (Wildman–Crippen LogP) is 2.01. The number of nitrogens with zero attached hydrogens (tertiary/aromatic N) is 1. The van der Waals surface area contributed by atoms with E-state index in [1.54, 1.807) is 0 Å². The highest BCUT2D eigenvalue weighted by molar-refractivity contribution is 5.65. The topological polar surface area (TPSA) is 60.8 Å². The van der Waals surface area contributed by atoms with Crippen molar-refractivity contribution in [2.45, 2.75) is 24.9 Å². The van der Waals surface area contributed by atoms with Crippen molar-refractivity contribution in [1.29, 1.82) is 0 Å². The Kier molecular flexibility index (Phi) is 3.71. The Morgan fingerprint density at radius 2 is 1.74 bits per heavy atom. The molecule has 1 aromatic carbocycles. The summed E-state index contributed by atoms with van der Waals surface area (Å²) in [6, 6.07) is 3.15. The third kappa shape index (κ3) is 3.41. The van der Waals surface area contributed by atoms with Crippen molar-refractivity contribution in [3.8, 4) is 0 Å². The van der Waals surface area contributed by atoms with Crippen LogP contribution in [0.15, 0.2) is 18.2 Å². The molecule has 104 valence electrons. The van der Waals surface area contributed by atoms with Gasteiger partial charge in [-0.2, -0.15) is 0 Å². The van der Waals surface area contributed by atoms with Gasteiger partial charge in [0.25, 0.3) is 0 Å². The van der Waals surface area contributed by atoms with Gasteiger partial charge in [-0.25, -0.2) is 13.6 Å². The first-order valence-electron chi connectivity index (χ1n) is 6.03. The zero-order chi connectivity index (χ0) is 14.0. The molecule has 0 atom stereocenters. The second kappa shape index (κ2) is 5.13. The average molecular weight is 271 g/mol. The number of rotatable bonds is 2. The SMILES string of the molecule is O=C(O)N1CCC(O)(Cc2cc(F)cc(F)c2)CC1. The zero-order valence-electron chi connectivity index (χ0n) is 10.3. The number of benzene rings is 1. The normalized spacial score (nSPS) is 18.4. The molecule has 2 N–H and O–H groups in total. The Labute approximate surface area is 109 Å². The fraction of sp³-hybridized carbons (Fsp3) is 0.462. The maximum atomic E-state index is 13.1. The van der Waals surface area contributed by atoms with Crippen molar-refractivity contribution < 1.29 is 23.8 Å². The zero-order valence-corrected chi connectivity index (χ0v) is 10.3. The first-order valence-corrected chi connectivity index (χ1v) is 6.03. The van der Waals surface area contributed by atoms with Crippen LogP contribution < -0.4 is 0 Å². The van der Waals surface area contributed by atoms with E-state index >= 15 is 0 Å². The maximum absolute atomic E-state index is 13.1. The summed E-state index contributed by atoms with van der Waals surface area (Å²) in [5.74, 6) is -1.36. The minimum absolute atomic E-state index is 0.120. The quantitative estimate of drug-likeness (QED) is 0.865. The van der Waals surface area contributed by atoms with Gasteiger partial charge in [0, 0.05) is 25.6 Å². The number of piperidine rings is 1. The van der Waals surface area contributed by atoms with Crippen molar-refractivity contribution in [3.63, 3.8) is 0 Å². The summed E-state index contributed by atoms with van der Waals surface area (Å²) in [6.07, 6.45) is -0.372. The molecule has 0 bridgehead atoms. The molecule has 0 unspecified atom stereocenters. The van der Waals surface area contributed by atoms with Crippen LogP contribution in [0.3, 0.4) is 0 Å². The number of carbonyl (C=O) groups is 1. The highest BCUT2D eigenvalue weighted by atomic mass is 19.1. The molecular weight excluding hydrogens is 256 g/mol.